The van der Waals surface area contributed by atoms with Crippen LogP contribution in [0.5, 0.6) is 5.75 Å². The lowest BCUT2D eigenvalue weighted by molar-refractivity contribution is -0.385. The van der Waals surface area contributed by atoms with Crippen LogP contribution in [-0.2, 0) is 9.53 Å². The van der Waals surface area contributed by atoms with Gasteiger partial charge >= 0.3 is 5.69 Å². The van der Waals surface area contributed by atoms with Gasteiger partial charge < -0.3 is 15.2 Å². The molecule has 1 aromatic carbocycles. The van der Waals surface area contributed by atoms with E-state index in [1.165, 1.54) is 18.6 Å². The van der Waals surface area contributed by atoms with Crippen molar-refractivity contribution in [3.05, 3.63) is 28.3 Å². The van der Waals surface area contributed by atoms with E-state index in [-0.39, 0.29) is 17.7 Å². The maximum atomic E-state index is 12.2. The number of nitrogens with one attached hydrogen (secondary N) is 1. The Bertz CT molecular complexity index is 590. The van der Waals surface area contributed by atoms with Crippen LogP contribution in [-0.4, -0.2) is 28.1 Å². The first-order valence-electron chi connectivity index (χ1n) is 7.80. The fraction of sp³-hybridized carbons (Fsp3) is 0.562. The Kier molecular flexibility index (Phi) is 5.54. The highest BCUT2D eigenvalue weighted by Crippen LogP contribution is 2.29. The smallest absolute Gasteiger partial charge is 0.312 e. The van der Waals surface area contributed by atoms with Gasteiger partial charge in [0.2, 0.25) is 0 Å². The second kappa shape index (κ2) is 7.41. The Morgan fingerprint density at radius 3 is 2.87 bits per heavy atom. The predicted molar refractivity (Wildman–Crippen MR) is 85.4 cm³/mol. The van der Waals surface area contributed by atoms with Gasteiger partial charge in [-0.2, -0.15) is 0 Å². The second-order valence-corrected chi connectivity index (χ2v) is 6.12. The molecule has 23 heavy (non-hydrogen) atoms. The average molecular weight is 322 g/mol. The molecule has 1 aliphatic rings. The number of phenolic OH excluding ortho intramolecular Hbond substituents is 1. The molecule has 7 nitrogen and oxygen atoms in total. The third-order valence-corrected chi connectivity index (χ3v) is 4.09. The number of ether oxygens (including phenoxy) is 1. The van der Waals surface area contributed by atoms with Gasteiger partial charge in [0.15, 0.2) is 5.75 Å². The normalized spacial score (nSPS) is 22.3. The number of nitro groups is 1. The topological polar surface area (TPSA) is 102 Å². The highest BCUT2D eigenvalue weighted by Gasteiger charge is 2.24. The number of phenols is 1. The molecule has 0 aromatic heterocycles. The summed E-state index contributed by atoms with van der Waals surface area (Å²) in [4.78, 5) is 22.3. The van der Waals surface area contributed by atoms with Crippen molar-refractivity contribution in [2.75, 3.05) is 5.32 Å². The van der Waals surface area contributed by atoms with Gasteiger partial charge in [0.1, 0.15) is 6.10 Å². The van der Waals surface area contributed by atoms with Gasteiger partial charge in [-0.3, -0.25) is 14.9 Å². The predicted octanol–water partition coefficient (Wildman–Crippen LogP) is 3.22. The summed E-state index contributed by atoms with van der Waals surface area (Å²) in [6.07, 6.45) is 3.63. The van der Waals surface area contributed by atoms with Crippen molar-refractivity contribution in [2.24, 2.45) is 5.92 Å². The van der Waals surface area contributed by atoms with E-state index in [2.05, 4.69) is 12.2 Å². The summed E-state index contributed by atoms with van der Waals surface area (Å²) in [5.74, 6) is -0.194. The zero-order valence-corrected chi connectivity index (χ0v) is 13.3. The number of aromatic hydroxyl groups is 1. The summed E-state index contributed by atoms with van der Waals surface area (Å²) in [7, 11) is 0. The van der Waals surface area contributed by atoms with Crippen molar-refractivity contribution < 1.29 is 19.6 Å². The zero-order chi connectivity index (χ0) is 17.0. The summed E-state index contributed by atoms with van der Waals surface area (Å²) in [6, 6.07) is 3.72. The van der Waals surface area contributed by atoms with E-state index in [4.69, 9.17) is 4.74 Å². The van der Waals surface area contributed by atoms with Crippen molar-refractivity contribution in [1.82, 2.24) is 0 Å². The number of carbonyl (C=O) groups excluding carboxylic acids is 1. The Hall–Kier alpha value is -2.15. The zero-order valence-electron chi connectivity index (χ0n) is 13.3. The SMILES string of the molecule is C[C@@H]1CCC[C@@H](O[C@H](C)C(=O)Nc2ccc(O)c([N+](=O)[O-])c2)C1. The van der Waals surface area contributed by atoms with Crippen LogP contribution in [0.15, 0.2) is 18.2 Å². The summed E-state index contributed by atoms with van der Waals surface area (Å²) >= 11 is 0. The maximum Gasteiger partial charge on any atom is 0.312 e. The van der Waals surface area contributed by atoms with E-state index < -0.39 is 22.5 Å². The number of rotatable bonds is 5. The van der Waals surface area contributed by atoms with Crippen LogP contribution in [0.1, 0.15) is 39.5 Å². The van der Waals surface area contributed by atoms with E-state index in [0.717, 1.165) is 25.3 Å². The van der Waals surface area contributed by atoms with Crippen LogP contribution < -0.4 is 5.32 Å². The minimum absolute atomic E-state index is 0.0775. The Morgan fingerprint density at radius 1 is 1.48 bits per heavy atom. The Morgan fingerprint density at radius 2 is 2.22 bits per heavy atom. The van der Waals surface area contributed by atoms with Gasteiger partial charge in [-0.15, -0.1) is 0 Å². The van der Waals surface area contributed by atoms with Crippen molar-refractivity contribution >= 4 is 17.3 Å². The number of nitrogens with zero attached hydrogens (tertiary/aromatic N) is 1. The van der Waals surface area contributed by atoms with Crippen molar-refractivity contribution in [2.45, 2.75) is 51.7 Å². The summed E-state index contributed by atoms with van der Waals surface area (Å²) in [5, 5.41) is 22.8. The second-order valence-electron chi connectivity index (χ2n) is 6.12. The van der Waals surface area contributed by atoms with Crippen molar-refractivity contribution in [3.8, 4) is 5.75 Å². The quantitative estimate of drug-likeness (QED) is 0.492. The highest BCUT2D eigenvalue weighted by molar-refractivity contribution is 5.94. The highest BCUT2D eigenvalue weighted by atomic mass is 16.6. The number of amides is 1. The molecule has 7 heteroatoms. The fourth-order valence-corrected chi connectivity index (χ4v) is 2.84. The lowest BCUT2D eigenvalue weighted by Crippen LogP contribution is -2.33. The lowest BCUT2D eigenvalue weighted by atomic mass is 9.88. The monoisotopic (exact) mass is 322 g/mol. The van der Waals surface area contributed by atoms with Gasteiger partial charge in [0.05, 0.1) is 11.0 Å². The first-order chi connectivity index (χ1) is 10.9. The van der Waals surface area contributed by atoms with Gasteiger partial charge in [-0.1, -0.05) is 19.8 Å². The minimum Gasteiger partial charge on any atom is -0.502 e. The summed E-state index contributed by atoms with van der Waals surface area (Å²) in [5.41, 5.74) is -0.190. The largest absolute Gasteiger partial charge is 0.502 e. The van der Waals surface area contributed by atoms with Gasteiger partial charge in [0.25, 0.3) is 5.91 Å². The van der Waals surface area contributed by atoms with Gasteiger partial charge in [-0.05, 0) is 37.8 Å². The van der Waals surface area contributed by atoms with E-state index in [1.54, 1.807) is 6.92 Å². The molecule has 1 aliphatic carbocycles. The first-order valence-corrected chi connectivity index (χ1v) is 7.80. The molecule has 2 N–H and O–H groups in total. The Balaban J connectivity index is 1.95. The van der Waals surface area contributed by atoms with Crippen LogP contribution in [0.2, 0.25) is 0 Å². The molecular formula is C16H22N2O5. The molecule has 0 saturated heterocycles. The number of anilines is 1. The average Bonchev–Trinajstić information content (AvgIpc) is 2.48. The lowest BCUT2D eigenvalue weighted by Gasteiger charge is -2.28. The number of nitro benzene ring substituents is 1. The molecule has 1 fully saturated rings. The molecule has 0 heterocycles. The van der Waals surface area contributed by atoms with Crippen LogP contribution in [0.25, 0.3) is 0 Å². The van der Waals surface area contributed by atoms with E-state index >= 15 is 0 Å². The Labute approximate surface area is 134 Å². The van der Waals surface area contributed by atoms with Crippen LogP contribution in [0, 0.1) is 16.0 Å². The molecule has 0 radical (unpaired) electrons. The van der Waals surface area contributed by atoms with E-state index in [0.29, 0.717) is 5.92 Å². The van der Waals surface area contributed by atoms with Crippen LogP contribution in [0.4, 0.5) is 11.4 Å². The van der Waals surface area contributed by atoms with Crippen LogP contribution >= 0.6 is 0 Å². The van der Waals surface area contributed by atoms with E-state index in [9.17, 15) is 20.0 Å². The fourth-order valence-electron chi connectivity index (χ4n) is 2.84. The van der Waals surface area contributed by atoms with Crippen molar-refractivity contribution in [1.29, 1.82) is 0 Å². The molecular weight excluding hydrogens is 300 g/mol. The molecule has 1 aromatic rings. The van der Waals surface area contributed by atoms with Crippen LogP contribution in [0.3, 0.4) is 0 Å². The number of carbonyl (C=O) groups is 1. The molecule has 0 spiro atoms. The minimum atomic E-state index is -0.700. The summed E-state index contributed by atoms with van der Waals surface area (Å²) < 4.78 is 5.80. The molecule has 0 aliphatic heterocycles. The number of hydrogen-bond acceptors (Lipinski definition) is 5. The first kappa shape index (κ1) is 17.2. The third kappa shape index (κ3) is 4.66. The molecule has 126 valence electrons. The molecule has 1 amide bonds. The van der Waals surface area contributed by atoms with Gasteiger partial charge in [-0.25, -0.2) is 0 Å². The molecule has 0 unspecified atom stereocenters. The van der Waals surface area contributed by atoms with E-state index in [1.807, 2.05) is 0 Å². The maximum absolute atomic E-state index is 12.2. The molecule has 0 bridgehead atoms. The number of hydrogen-bond donors (Lipinski definition) is 2. The number of benzene rings is 1. The summed E-state index contributed by atoms with van der Waals surface area (Å²) in [6.45, 7) is 3.85. The third-order valence-electron chi connectivity index (χ3n) is 4.09. The molecule has 2 rings (SSSR count). The van der Waals surface area contributed by atoms with Crippen molar-refractivity contribution in [3.63, 3.8) is 0 Å². The molecule has 3 atom stereocenters. The van der Waals surface area contributed by atoms with Gasteiger partial charge in [0, 0.05) is 11.8 Å². The molecule has 1 saturated carbocycles. The standard InChI is InChI=1S/C16H22N2O5/c1-10-4-3-5-13(8-10)23-11(2)16(20)17-12-6-7-15(19)14(9-12)18(21)22/h6-7,9-11,13,19H,3-5,8H2,1-2H3,(H,17,20)/t10-,11-,13-/m1/s1.